The zero-order chi connectivity index (χ0) is 8.15. The summed E-state index contributed by atoms with van der Waals surface area (Å²) in [6.45, 7) is 1.40. The van der Waals surface area contributed by atoms with Crippen LogP contribution >= 0.6 is 0 Å². The van der Waals surface area contributed by atoms with Crippen LogP contribution in [0.2, 0.25) is 0 Å². The third kappa shape index (κ3) is 1.85. The largest absolute Gasteiger partial charge is 0.461 e. The van der Waals surface area contributed by atoms with Crippen molar-refractivity contribution in [3.05, 3.63) is 21.9 Å². The third-order valence-electron chi connectivity index (χ3n) is 0.865. The minimum atomic E-state index is -0.924. The molecule has 0 bridgehead atoms. The molecule has 0 spiro atoms. The lowest BCUT2D eigenvalue weighted by atomic mass is 10.4. The highest BCUT2D eigenvalue weighted by Crippen LogP contribution is 1.96. The molecular weight excluding hydrogens is 138 g/mol. The van der Waals surface area contributed by atoms with Crippen molar-refractivity contribution in [3.63, 3.8) is 0 Å². The molecule has 0 fully saturated rings. The first-order chi connectivity index (χ1) is 4.63. The van der Waals surface area contributed by atoms with Gasteiger partial charge in [-0.05, 0) is 13.0 Å². The molecule has 0 radical (unpaired) electrons. The van der Waals surface area contributed by atoms with Crippen molar-refractivity contribution in [1.82, 2.24) is 0 Å². The number of nitrogens with zero attached hydrogens (tertiary/aromatic N) is 1. The molecule has 0 aromatic heterocycles. The maximum atomic E-state index is 10.5. The summed E-state index contributed by atoms with van der Waals surface area (Å²) in [4.78, 5) is 19.6. The molecular formula is C5H7NO4. The summed E-state index contributed by atoms with van der Waals surface area (Å²) in [6.07, 6.45) is 1.09. The minimum absolute atomic E-state index is 0.539. The average Bonchev–Trinajstić information content (AvgIpc) is 1.88. The second kappa shape index (κ2) is 3.60. The van der Waals surface area contributed by atoms with Gasteiger partial charge in [-0.2, -0.15) is 0 Å². The van der Waals surface area contributed by atoms with Crippen LogP contribution in [-0.4, -0.2) is 18.0 Å². The van der Waals surface area contributed by atoms with Gasteiger partial charge in [0.2, 0.25) is 0 Å². The van der Waals surface area contributed by atoms with Gasteiger partial charge in [-0.15, -0.1) is 0 Å². The van der Waals surface area contributed by atoms with Gasteiger partial charge in [-0.3, -0.25) is 10.1 Å². The number of rotatable bonds is 2. The SMILES string of the molecule is C/C=C(\C(=O)OC)[N+](=O)[O-]. The zero-order valence-electron chi connectivity index (χ0n) is 5.66. The normalized spacial score (nSPS) is 10.8. The van der Waals surface area contributed by atoms with E-state index in [2.05, 4.69) is 4.74 Å². The van der Waals surface area contributed by atoms with E-state index in [0.717, 1.165) is 13.2 Å². The number of esters is 1. The Morgan fingerprint density at radius 2 is 2.20 bits per heavy atom. The Bertz CT molecular complexity index is 184. The summed E-state index contributed by atoms with van der Waals surface area (Å²) in [5.74, 6) is -0.924. The van der Waals surface area contributed by atoms with Crippen molar-refractivity contribution in [1.29, 1.82) is 0 Å². The minimum Gasteiger partial charge on any atom is -0.461 e. The average molecular weight is 145 g/mol. The topological polar surface area (TPSA) is 69.4 Å². The molecule has 0 amide bonds. The molecule has 5 heteroatoms. The fraction of sp³-hybridized carbons (Fsp3) is 0.400. The van der Waals surface area contributed by atoms with Crippen molar-refractivity contribution in [2.75, 3.05) is 7.11 Å². The fourth-order valence-electron chi connectivity index (χ4n) is 0.402. The molecule has 0 aliphatic heterocycles. The number of allylic oxidation sites excluding steroid dienone is 1. The van der Waals surface area contributed by atoms with E-state index >= 15 is 0 Å². The molecule has 0 N–H and O–H groups in total. The van der Waals surface area contributed by atoms with Crippen molar-refractivity contribution >= 4 is 5.97 Å². The van der Waals surface area contributed by atoms with Gasteiger partial charge in [0.05, 0.1) is 12.0 Å². The van der Waals surface area contributed by atoms with Crippen LogP contribution in [0.3, 0.4) is 0 Å². The Labute approximate surface area is 57.4 Å². The van der Waals surface area contributed by atoms with E-state index in [-0.39, 0.29) is 0 Å². The van der Waals surface area contributed by atoms with E-state index in [4.69, 9.17) is 0 Å². The summed E-state index contributed by atoms with van der Waals surface area (Å²) in [5, 5.41) is 9.97. The van der Waals surface area contributed by atoms with E-state index in [1.807, 2.05) is 0 Å². The molecule has 0 aliphatic carbocycles. The quantitative estimate of drug-likeness (QED) is 0.243. The monoisotopic (exact) mass is 145 g/mol. The second-order valence-corrected chi connectivity index (χ2v) is 1.42. The van der Waals surface area contributed by atoms with Gasteiger partial charge in [0.15, 0.2) is 0 Å². The molecule has 0 aliphatic rings. The van der Waals surface area contributed by atoms with E-state index in [9.17, 15) is 14.9 Å². The van der Waals surface area contributed by atoms with Gasteiger partial charge in [0.25, 0.3) is 0 Å². The summed E-state index contributed by atoms with van der Waals surface area (Å²) < 4.78 is 4.12. The molecule has 56 valence electrons. The number of hydrogen-bond donors (Lipinski definition) is 0. The van der Waals surface area contributed by atoms with Gasteiger partial charge < -0.3 is 4.74 Å². The van der Waals surface area contributed by atoms with Crippen LogP contribution in [0.4, 0.5) is 0 Å². The van der Waals surface area contributed by atoms with Gasteiger partial charge in [0.1, 0.15) is 0 Å². The van der Waals surface area contributed by atoms with Crippen molar-refractivity contribution in [2.45, 2.75) is 6.92 Å². The Morgan fingerprint density at radius 1 is 1.70 bits per heavy atom. The number of carbonyl (C=O) groups excluding carboxylic acids is 1. The highest BCUT2D eigenvalue weighted by Gasteiger charge is 2.20. The van der Waals surface area contributed by atoms with Crippen molar-refractivity contribution in [2.24, 2.45) is 0 Å². The second-order valence-electron chi connectivity index (χ2n) is 1.42. The zero-order valence-corrected chi connectivity index (χ0v) is 5.66. The first kappa shape index (κ1) is 8.61. The molecule has 10 heavy (non-hydrogen) atoms. The van der Waals surface area contributed by atoms with E-state index in [1.165, 1.54) is 6.92 Å². The standard InChI is InChI=1S/C5H7NO4/c1-3-4(6(8)9)5(7)10-2/h3H,1-2H3/b4-3+. The molecule has 5 nitrogen and oxygen atoms in total. The number of hydrogen-bond acceptors (Lipinski definition) is 4. The van der Waals surface area contributed by atoms with Gasteiger partial charge in [0, 0.05) is 0 Å². The number of methoxy groups -OCH3 is 1. The number of ether oxygens (including phenoxy) is 1. The van der Waals surface area contributed by atoms with Gasteiger partial charge in [-0.25, -0.2) is 4.79 Å². The maximum Gasteiger partial charge on any atom is 0.409 e. The van der Waals surface area contributed by atoms with Gasteiger partial charge >= 0.3 is 11.7 Å². The number of carbonyl (C=O) groups is 1. The lowest BCUT2D eigenvalue weighted by molar-refractivity contribution is -0.421. The van der Waals surface area contributed by atoms with Crippen LogP contribution in [0.15, 0.2) is 11.8 Å². The molecule has 0 heterocycles. The summed E-state index contributed by atoms with van der Waals surface area (Å²) >= 11 is 0. The summed E-state index contributed by atoms with van der Waals surface area (Å²) in [5.41, 5.74) is -0.539. The smallest absolute Gasteiger partial charge is 0.409 e. The molecule has 0 unspecified atom stereocenters. The van der Waals surface area contributed by atoms with E-state index in [0.29, 0.717) is 0 Å². The molecule has 0 rings (SSSR count). The first-order valence-corrected chi connectivity index (χ1v) is 2.52. The van der Waals surface area contributed by atoms with Crippen molar-refractivity contribution < 1.29 is 14.5 Å². The van der Waals surface area contributed by atoms with Crippen LogP contribution < -0.4 is 0 Å². The molecule has 0 aromatic rings. The highest BCUT2D eigenvalue weighted by molar-refractivity contribution is 5.85. The Hall–Kier alpha value is -1.39. The summed E-state index contributed by atoms with van der Waals surface area (Å²) in [6, 6.07) is 0. The van der Waals surface area contributed by atoms with E-state index < -0.39 is 16.6 Å². The van der Waals surface area contributed by atoms with Crippen LogP contribution in [-0.2, 0) is 9.53 Å². The predicted molar refractivity (Wildman–Crippen MR) is 32.8 cm³/mol. The lowest BCUT2D eigenvalue weighted by Crippen LogP contribution is -2.12. The molecule has 0 saturated heterocycles. The molecule has 0 atom stereocenters. The van der Waals surface area contributed by atoms with Gasteiger partial charge in [-0.1, -0.05) is 0 Å². The number of nitro groups is 1. The molecule has 0 aromatic carbocycles. The first-order valence-electron chi connectivity index (χ1n) is 2.52. The maximum absolute atomic E-state index is 10.5. The Kier molecular flexibility index (Phi) is 3.10. The fourth-order valence-corrected chi connectivity index (χ4v) is 0.402. The highest BCUT2D eigenvalue weighted by atomic mass is 16.6. The van der Waals surface area contributed by atoms with Crippen LogP contribution in [0, 0.1) is 10.1 Å². The van der Waals surface area contributed by atoms with Crippen LogP contribution in [0.1, 0.15) is 6.92 Å². The van der Waals surface area contributed by atoms with E-state index in [1.54, 1.807) is 0 Å². The Balaban J connectivity index is 4.39. The summed E-state index contributed by atoms with van der Waals surface area (Å²) in [7, 11) is 1.09. The lowest BCUT2D eigenvalue weighted by Gasteiger charge is -1.92. The van der Waals surface area contributed by atoms with Crippen LogP contribution in [0.25, 0.3) is 0 Å². The van der Waals surface area contributed by atoms with Crippen molar-refractivity contribution in [3.8, 4) is 0 Å². The molecule has 0 saturated carbocycles. The third-order valence-corrected chi connectivity index (χ3v) is 0.865. The predicted octanol–water partition coefficient (Wildman–Crippen LogP) is 0.340. The van der Waals surface area contributed by atoms with Crippen LogP contribution in [0.5, 0.6) is 0 Å². The Morgan fingerprint density at radius 3 is 2.30 bits per heavy atom.